The van der Waals surface area contributed by atoms with Gasteiger partial charge in [0.2, 0.25) is 0 Å². The highest BCUT2D eigenvalue weighted by Crippen LogP contribution is 2.53. The van der Waals surface area contributed by atoms with E-state index in [1.807, 2.05) is 6.07 Å². The summed E-state index contributed by atoms with van der Waals surface area (Å²) in [6, 6.07) is 8.68. The zero-order valence-electron chi connectivity index (χ0n) is 15.0. The molecule has 1 aromatic heterocycles. The van der Waals surface area contributed by atoms with E-state index in [0.717, 1.165) is 20.5 Å². The van der Waals surface area contributed by atoms with Crippen LogP contribution in [0.1, 0.15) is 40.9 Å². The molecule has 3 saturated heterocycles. The van der Waals surface area contributed by atoms with Crippen molar-refractivity contribution in [2.45, 2.75) is 43.9 Å². The lowest BCUT2D eigenvalue weighted by Gasteiger charge is -2.52. The summed E-state index contributed by atoms with van der Waals surface area (Å²) < 4.78 is 6.37. The molecular formula is C20H25ClN2O2S. The number of ether oxygens (including phenoxy) is 1. The fraction of sp³-hybridized carbons (Fsp3) is 0.550. The maximum Gasteiger partial charge on any atom is 0.261 e. The van der Waals surface area contributed by atoms with Crippen molar-refractivity contribution in [3.05, 3.63) is 34.7 Å². The van der Waals surface area contributed by atoms with Crippen LogP contribution in [0.5, 0.6) is 0 Å². The number of thiophene rings is 1. The zero-order chi connectivity index (χ0) is 17.0. The number of amides is 1. The molecule has 4 heterocycles. The Bertz CT molecular complexity index is 824. The van der Waals surface area contributed by atoms with Crippen molar-refractivity contribution in [1.29, 1.82) is 0 Å². The average molecular weight is 393 g/mol. The van der Waals surface area contributed by atoms with Crippen LogP contribution in [0, 0.1) is 5.92 Å². The van der Waals surface area contributed by atoms with Gasteiger partial charge in [0.15, 0.2) is 0 Å². The Hall–Kier alpha value is -1.14. The molecule has 4 nitrogen and oxygen atoms in total. The molecule has 140 valence electrons. The number of fused-ring (bicyclic) bond motifs is 3. The van der Waals surface area contributed by atoms with Gasteiger partial charge >= 0.3 is 0 Å². The molecule has 2 aromatic rings. The van der Waals surface area contributed by atoms with E-state index in [-0.39, 0.29) is 18.3 Å². The van der Waals surface area contributed by atoms with E-state index >= 15 is 0 Å². The number of hydrogen-bond acceptors (Lipinski definition) is 4. The van der Waals surface area contributed by atoms with Crippen molar-refractivity contribution in [2.75, 3.05) is 20.2 Å². The van der Waals surface area contributed by atoms with Crippen LogP contribution < -0.4 is 5.32 Å². The zero-order valence-corrected chi connectivity index (χ0v) is 16.6. The molecule has 3 aliphatic heterocycles. The summed E-state index contributed by atoms with van der Waals surface area (Å²) in [6.07, 6.45) is 4.97. The van der Waals surface area contributed by atoms with Crippen LogP contribution in [0.4, 0.5) is 0 Å². The molecule has 26 heavy (non-hydrogen) atoms. The van der Waals surface area contributed by atoms with Crippen LogP contribution in [-0.2, 0) is 11.3 Å². The van der Waals surface area contributed by atoms with Crippen molar-refractivity contribution >= 4 is 39.7 Å². The molecule has 1 amide bonds. The molecule has 1 aromatic carbocycles. The lowest BCUT2D eigenvalue weighted by molar-refractivity contribution is -0.00138. The van der Waals surface area contributed by atoms with Crippen molar-refractivity contribution in [3.63, 3.8) is 0 Å². The lowest BCUT2D eigenvalue weighted by atomic mass is 9.77. The number of carbonyl (C=O) groups is 1. The van der Waals surface area contributed by atoms with E-state index in [2.05, 4.69) is 28.4 Å². The number of nitrogens with zero attached hydrogens (tertiary/aromatic N) is 1. The van der Waals surface area contributed by atoms with Crippen LogP contribution in [0.15, 0.2) is 24.3 Å². The number of nitrogens with one attached hydrogen (secondary N) is 1. The summed E-state index contributed by atoms with van der Waals surface area (Å²) >= 11 is 1.59. The van der Waals surface area contributed by atoms with E-state index < -0.39 is 0 Å². The molecule has 1 spiro atoms. The van der Waals surface area contributed by atoms with E-state index in [4.69, 9.17) is 4.74 Å². The summed E-state index contributed by atoms with van der Waals surface area (Å²) in [5, 5.41) is 4.57. The van der Waals surface area contributed by atoms with Gasteiger partial charge in [-0.2, -0.15) is 0 Å². The third kappa shape index (κ3) is 2.85. The van der Waals surface area contributed by atoms with Crippen molar-refractivity contribution in [3.8, 4) is 0 Å². The normalized spacial score (nSPS) is 28.1. The smallest absolute Gasteiger partial charge is 0.261 e. The van der Waals surface area contributed by atoms with Gasteiger partial charge < -0.3 is 10.1 Å². The summed E-state index contributed by atoms with van der Waals surface area (Å²) in [4.78, 5) is 16.4. The lowest BCUT2D eigenvalue weighted by Crippen LogP contribution is -2.65. The van der Waals surface area contributed by atoms with E-state index in [0.29, 0.717) is 24.1 Å². The van der Waals surface area contributed by atoms with Gasteiger partial charge in [-0.25, -0.2) is 0 Å². The number of halogens is 1. The summed E-state index contributed by atoms with van der Waals surface area (Å²) in [5.74, 6) is 0.777. The first kappa shape index (κ1) is 18.2. The first-order valence-corrected chi connectivity index (χ1v) is 10.1. The highest BCUT2D eigenvalue weighted by atomic mass is 35.5. The van der Waals surface area contributed by atoms with Crippen LogP contribution in [0.3, 0.4) is 0 Å². The molecule has 0 unspecified atom stereocenters. The molecule has 1 aliphatic carbocycles. The Balaban J connectivity index is 0.00000168. The third-order valence-corrected chi connectivity index (χ3v) is 7.48. The Morgan fingerprint density at radius 1 is 1.31 bits per heavy atom. The molecule has 6 rings (SSSR count). The molecular weight excluding hydrogens is 368 g/mol. The number of carbonyl (C=O) groups excluding carboxylic acids is 1. The standard InChI is InChI=1S/C20H24N2O2S.ClH/c1-24-12-13-2-3-15-11-17(25-16(15)10-13)19(23)21-18-14-4-8-22(9-5-14)20(18)6-7-20;/h2-3,10-11,14,18H,4-9,12H2,1H3,(H,21,23);1H/t18-;/m1./s1. The van der Waals surface area contributed by atoms with Crippen LogP contribution in [0.25, 0.3) is 10.1 Å². The van der Waals surface area contributed by atoms with Crippen molar-refractivity contribution < 1.29 is 9.53 Å². The average Bonchev–Trinajstić information content (AvgIpc) is 3.29. The summed E-state index contributed by atoms with van der Waals surface area (Å²) in [6.45, 7) is 3.06. The second-order valence-corrected chi connectivity index (χ2v) is 8.88. The molecule has 1 saturated carbocycles. The highest BCUT2D eigenvalue weighted by molar-refractivity contribution is 7.20. The van der Waals surface area contributed by atoms with Gasteiger partial charge in [0.25, 0.3) is 5.91 Å². The molecule has 1 atom stereocenters. The predicted octanol–water partition coefficient (Wildman–Crippen LogP) is 3.83. The Labute approximate surface area is 164 Å². The minimum atomic E-state index is 0. The second-order valence-electron chi connectivity index (χ2n) is 7.80. The van der Waals surface area contributed by atoms with Crippen LogP contribution in [0.2, 0.25) is 0 Å². The number of piperidine rings is 3. The molecule has 4 aliphatic rings. The minimum absolute atomic E-state index is 0. The van der Waals surface area contributed by atoms with Crippen molar-refractivity contribution in [2.24, 2.45) is 5.92 Å². The molecule has 0 radical (unpaired) electrons. The number of rotatable bonds is 4. The topological polar surface area (TPSA) is 41.6 Å². The molecule has 6 heteroatoms. The SMILES string of the molecule is COCc1ccc2cc(C(=O)N[C@@H]3C4CCN(CC4)C34CC4)sc2c1.Cl. The van der Waals surface area contributed by atoms with Crippen LogP contribution >= 0.6 is 23.7 Å². The minimum Gasteiger partial charge on any atom is -0.380 e. The molecule has 1 N–H and O–H groups in total. The van der Waals surface area contributed by atoms with Gasteiger partial charge in [-0.05, 0) is 67.8 Å². The van der Waals surface area contributed by atoms with Gasteiger partial charge in [-0.3, -0.25) is 9.69 Å². The summed E-state index contributed by atoms with van der Waals surface area (Å²) in [7, 11) is 1.71. The van der Waals surface area contributed by atoms with Gasteiger partial charge in [0.05, 0.1) is 17.5 Å². The molecule has 4 fully saturated rings. The van der Waals surface area contributed by atoms with E-state index in [1.165, 1.54) is 38.8 Å². The highest BCUT2D eigenvalue weighted by Gasteiger charge is 2.60. The third-order valence-electron chi connectivity index (χ3n) is 6.39. The maximum absolute atomic E-state index is 12.9. The number of hydrogen-bond donors (Lipinski definition) is 1. The van der Waals surface area contributed by atoms with Crippen molar-refractivity contribution in [1.82, 2.24) is 10.2 Å². The van der Waals surface area contributed by atoms with E-state index in [1.54, 1.807) is 18.4 Å². The fourth-order valence-electron chi connectivity index (χ4n) is 4.98. The predicted molar refractivity (Wildman–Crippen MR) is 107 cm³/mol. The number of methoxy groups -OCH3 is 1. The number of benzene rings is 1. The largest absolute Gasteiger partial charge is 0.380 e. The Kier molecular flexibility index (Phi) is 4.76. The maximum atomic E-state index is 12.9. The summed E-state index contributed by atoms with van der Waals surface area (Å²) in [5.41, 5.74) is 1.44. The van der Waals surface area contributed by atoms with Gasteiger partial charge in [0.1, 0.15) is 0 Å². The Morgan fingerprint density at radius 2 is 2.08 bits per heavy atom. The fourth-order valence-corrected chi connectivity index (χ4v) is 6.01. The first-order chi connectivity index (χ1) is 12.2. The van der Waals surface area contributed by atoms with Gasteiger partial charge in [0, 0.05) is 17.3 Å². The Morgan fingerprint density at radius 3 is 2.77 bits per heavy atom. The monoisotopic (exact) mass is 392 g/mol. The van der Waals surface area contributed by atoms with Crippen LogP contribution in [-0.4, -0.2) is 42.6 Å². The van der Waals surface area contributed by atoms with E-state index in [9.17, 15) is 4.79 Å². The second kappa shape index (κ2) is 6.79. The quantitative estimate of drug-likeness (QED) is 0.859. The molecule has 2 bridgehead atoms. The van der Waals surface area contributed by atoms with Gasteiger partial charge in [-0.1, -0.05) is 12.1 Å². The first-order valence-electron chi connectivity index (χ1n) is 9.27. The van der Waals surface area contributed by atoms with Gasteiger partial charge in [-0.15, -0.1) is 23.7 Å².